The lowest BCUT2D eigenvalue weighted by Crippen LogP contribution is -2.16. The monoisotopic (exact) mass is 365 g/mol. The van der Waals surface area contributed by atoms with Crippen molar-refractivity contribution in [3.8, 4) is 0 Å². The van der Waals surface area contributed by atoms with Gasteiger partial charge in [-0.25, -0.2) is 26.2 Å². The first-order chi connectivity index (χ1) is 7.62. The van der Waals surface area contributed by atoms with Gasteiger partial charge in [0.05, 0.1) is 11.5 Å². The minimum Gasteiger partial charge on any atom is -0.241 e. The predicted molar refractivity (Wildman–Crippen MR) is 63.6 cm³/mol. The maximum atomic E-state index is 13.3. The molecule has 0 atom stereocenters. The van der Waals surface area contributed by atoms with Crippen LogP contribution in [-0.4, -0.2) is 33.3 Å². The minimum atomic E-state index is -4.11. The third-order valence-corrected chi connectivity index (χ3v) is 5.14. The normalized spacial score (nSPS) is 12.6. The molecule has 0 aliphatic rings. The summed E-state index contributed by atoms with van der Waals surface area (Å²) in [4.78, 5) is 3.40. The molecule has 0 N–H and O–H groups in total. The molecular weight excluding hydrogens is 361 g/mol. The summed E-state index contributed by atoms with van der Waals surface area (Å²) in [6, 6.07) is 0.926. The Hall–Kier alpha value is -0.250. The van der Waals surface area contributed by atoms with Crippen LogP contribution in [0.2, 0.25) is 0 Å². The molecule has 0 saturated heterocycles. The van der Waals surface area contributed by atoms with E-state index in [2.05, 4.69) is 20.9 Å². The van der Waals surface area contributed by atoms with Gasteiger partial charge in [0.1, 0.15) is 0 Å². The fourth-order valence-corrected chi connectivity index (χ4v) is 4.24. The second kappa shape index (κ2) is 5.17. The second-order valence-corrected chi connectivity index (χ2v) is 8.84. The Labute approximate surface area is 110 Å². The van der Waals surface area contributed by atoms with Crippen molar-refractivity contribution >= 4 is 45.5 Å². The molecule has 0 fully saturated rings. The van der Waals surface area contributed by atoms with Crippen LogP contribution < -0.4 is 0 Å². The highest BCUT2D eigenvalue weighted by molar-refractivity contribution is 9.10. The average Bonchev–Trinajstić information content (AvgIpc) is 2.13. The van der Waals surface area contributed by atoms with E-state index >= 15 is 0 Å². The molecule has 96 valence electrons. The quantitative estimate of drug-likeness (QED) is 0.751. The van der Waals surface area contributed by atoms with Gasteiger partial charge < -0.3 is 0 Å². The van der Waals surface area contributed by atoms with Crippen molar-refractivity contribution in [2.75, 3.05) is 11.5 Å². The van der Waals surface area contributed by atoms with Crippen LogP contribution in [0.15, 0.2) is 21.8 Å². The van der Waals surface area contributed by atoms with E-state index in [9.17, 15) is 21.2 Å². The summed E-state index contributed by atoms with van der Waals surface area (Å²) < 4.78 is 58.0. The lowest BCUT2D eigenvalue weighted by atomic mass is 10.5. The molecule has 10 heteroatoms. The summed E-state index contributed by atoms with van der Waals surface area (Å²) in [6.07, 6.45) is 1.10. The first kappa shape index (κ1) is 14.8. The van der Waals surface area contributed by atoms with Crippen molar-refractivity contribution in [3.63, 3.8) is 0 Å². The maximum absolute atomic E-state index is 13.3. The third kappa shape index (κ3) is 4.49. The maximum Gasteiger partial charge on any atom is 0.233 e. The van der Waals surface area contributed by atoms with Gasteiger partial charge in [-0.05, 0) is 22.0 Å². The van der Waals surface area contributed by atoms with Crippen molar-refractivity contribution < 1.29 is 21.2 Å². The molecule has 5 nitrogen and oxygen atoms in total. The summed E-state index contributed by atoms with van der Waals surface area (Å²) >= 11 is 2.92. The van der Waals surface area contributed by atoms with Crippen molar-refractivity contribution in [2.45, 2.75) is 5.03 Å². The Morgan fingerprint density at radius 1 is 1.29 bits per heavy atom. The van der Waals surface area contributed by atoms with Crippen molar-refractivity contribution in [2.24, 2.45) is 0 Å². The van der Waals surface area contributed by atoms with Gasteiger partial charge in [0.15, 0.2) is 20.7 Å². The van der Waals surface area contributed by atoms with Gasteiger partial charge >= 0.3 is 0 Å². The molecule has 0 unspecified atom stereocenters. The molecule has 1 rings (SSSR count). The summed E-state index contributed by atoms with van der Waals surface area (Å²) in [5, 5.41) is -0.791. The molecule has 0 aliphatic heterocycles. The fourth-order valence-electron chi connectivity index (χ4n) is 0.937. The van der Waals surface area contributed by atoms with E-state index < -0.39 is 41.2 Å². The van der Waals surface area contributed by atoms with Gasteiger partial charge in [-0.15, -0.1) is 0 Å². The highest BCUT2D eigenvalue weighted by Crippen LogP contribution is 2.18. The SMILES string of the molecule is O=S(=O)(Cl)CCS(=O)(=O)c1ncc(Br)cc1F. The van der Waals surface area contributed by atoms with E-state index in [4.69, 9.17) is 10.7 Å². The van der Waals surface area contributed by atoms with Crippen LogP contribution in [0.1, 0.15) is 0 Å². The number of hydrogen-bond acceptors (Lipinski definition) is 5. The molecule has 17 heavy (non-hydrogen) atoms. The van der Waals surface area contributed by atoms with Crippen LogP contribution in [0, 0.1) is 5.82 Å². The minimum absolute atomic E-state index is 0.277. The first-order valence-electron chi connectivity index (χ1n) is 4.08. The Morgan fingerprint density at radius 3 is 2.35 bits per heavy atom. The fraction of sp³-hybridized carbons (Fsp3) is 0.286. The standard InChI is InChI=1S/C7H6BrClFNO4S2/c8-5-3-6(10)7(11-4-5)16(12,13)1-2-17(9,14)15/h3-4H,1-2H2. The molecule has 0 radical (unpaired) electrons. The molecule has 0 aliphatic carbocycles. The lowest BCUT2D eigenvalue weighted by Gasteiger charge is -2.03. The van der Waals surface area contributed by atoms with E-state index in [1.165, 1.54) is 0 Å². The number of pyridine rings is 1. The topological polar surface area (TPSA) is 81.2 Å². The van der Waals surface area contributed by atoms with E-state index in [1.54, 1.807) is 0 Å². The zero-order valence-corrected chi connectivity index (χ0v) is 12.1. The summed E-state index contributed by atoms with van der Waals surface area (Å²) in [7, 11) is -3.19. The smallest absolute Gasteiger partial charge is 0.233 e. The third-order valence-electron chi connectivity index (χ3n) is 1.66. The highest BCUT2D eigenvalue weighted by atomic mass is 79.9. The van der Waals surface area contributed by atoms with Gasteiger partial charge in [0, 0.05) is 21.4 Å². The Balaban J connectivity index is 3.06. The van der Waals surface area contributed by atoms with Crippen molar-refractivity contribution in [3.05, 3.63) is 22.6 Å². The van der Waals surface area contributed by atoms with Gasteiger partial charge in [-0.2, -0.15) is 0 Å². The number of nitrogens with zero attached hydrogens (tertiary/aromatic N) is 1. The molecule has 1 aromatic rings. The van der Waals surface area contributed by atoms with Crippen LogP contribution in [0.3, 0.4) is 0 Å². The molecule has 1 aromatic heterocycles. The second-order valence-electron chi connectivity index (χ2n) is 3.00. The average molecular weight is 367 g/mol. The molecule has 0 bridgehead atoms. The number of hydrogen-bond donors (Lipinski definition) is 0. The van der Waals surface area contributed by atoms with Crippen molar-refractivity contribution in [1.82, 2.24) is 4.98 Å². The molecule has 0 aromatic carbocycles. The lowest BCUT2D eigenvalue weighted by molar-refractivity contribution is 0.553. The first-order valence-corrected chi connectivity index (χ1v) is 9.00. The van der Waals surface area contributed by atoms with E-state index in [1.807, 2.05) is 0 Å². The molecule has 0 saturated carbocycles. The van der Waals surface area contributed by atoms with Crippen molar-refractivity contribution in [1.29, 1.82) is 0 Å². The Bertz CT molecular complexity index is 631. The van der Waals surface area contributed by atoms with E-state index in [0.717, 1.165) is 12.3 Å². The summed E-state index contributed by atoms with van der Waals surface area (Å²) in [5.41, 5.74) is 0. The largest absolute Gasteiger partial charge is 0.241 e. The summed E-state index contributed by atoms with van der Waals surface area (Å²) in [6.45, 7) is 0. The zero-order chi connectivity index (χ0) is 13.3. The van der Waals surface area contributed by atoms with E-state index in [0.29, 0.717) is 0 Å². The number of aromatic nitrogens is 1. The number of rotatable bonds is 4. The van der Waals surface area contributed by atoms with Gasteiger partial charge in [-0.3, -0.25) is 0 Å². The summed E-state index contributed by atoms with van der Waals surface area (Å²) in [5.74, 6) is -2.66. The van der Waals surface area contributed by atoms with E-state index in [-0.39, 0.29) is 4.47 Å². The van der Waals surface area contributed by atoms with Crippen LogP contribution in [-0.2, 0) is 18.9 Å². The molecule has 1 heterocycles. The number of halogens is 3. The Kier molecular flexibility index (Phi) is 4.50. The van der Waals surface area contributed by atoms with Crippen LogP contribution in [0.4, 0.5) is 4.39 Å². The van der Waals surface area contributed by atoms with Crippen LogP contribution >= 0.6 is 26.6 Å². The molecular formula is C7H6BrClFNO4S2. The van der Waals surface area contributed by atoms with Gasteiger partial charge in [0.25, 0.3) is 0 Å². The molecule has 0 spiro atoms. The molecule has 0 amide bonds. The Morgan fingerprint density at radius 2 is 1.88 bits per heavy atom. The van der Waals surface area contributed by atoms with Crippen LogP contribution in [0.5, 0.6) is 0 Å². The van der Waals surface area contributed by atoms with Crippen LogP contribution in [0.25, 0.3) is 0 Å². The van der Waals surface area contributed by atoms with Gasteiger partial charge in [0.2, 0.25) is 9.05 Å². The zero-order valence-electron chi connectivity index (χ0n) is 8.10. The van der Waals surface area contributed by atoms with Gasteiger partial charge in [-0.1, -0.05) is 0 Å². The predicted octanol–water partition coefficient (Wildman–Crippen LogP) is 1.33. The highest BCUT2D eigenvalue weighted by Gasteiger charge is 2.23. The number of sulfone groups is 1.